The molecule has 0 amide bonds. The molecule has 1 aromatic rings. The van der Waals surface area contributed by atoms with Gasteiger partial charge in [-0.25, -0.2) is 4.79 Å². The number of nitrogens with zero attached hydrogens (tertiary/aromatic N) is 1. The van der Waals surface area contributed by atoms with Gasteiger partial charge in [-0.05, 0) is 25.1 Å². The third-order valence-electron chi connectivity index (χ3n) is 5.22. The maximum Gasteiger partial charge on any atom is 0.330 e. The van der Waals surface area contributed by atoms with Crippen molar-refractivity contribution in [2.24, 2.45) is 0 Å². The third-order valence-corrected chi connectivity index (χ3v) is 9.72. The number of hydrogen-bond acceptors (Lipinski definition) is 6. The molecule has 0 aromatic carbocycles. The van der Waals surface area contributed by atoms with E-state index in [2.05, 4.69) is 38.8 Å². The van der Waals surface area contributed by atoms with E-state index in [9.17, 15) is 14.4 Å². The normalized spacial score (nSPS) is 23.8. The first-order chi connectivity index (χ1) is 12.0. The molecule has 8 nitrogen and oxygen atoms in total. The van der Waals surface area contributed by atoms with Crippen LogP contribution in [0.15, 0.2) is 15.8 Å². The van der Waals surface area contributed by atoms with Crippen LogP contribution in [-0.2, 0) is 18.7 Å². The Kier molecular flexibility index (Phi) is 5.94. The summed E-state index contributed by atoms with van der Waals surface area (Å²) in [7, 11) is -2.08. The van der Waals surface area contributed by atoms with E-state index < -0.39 is 31.9 Å². The zero-order chi connectivity index (χ0) is 19.7. The van der Waals surface area contributed by atoms with Crippen LogP contribution in [0.5, 0.6) is 0 Å². The van der Waals surface area contributed by atoms with Crippen molar-refractivity contribution in [3.05, 3.63) is 32.6 Å². The smallest absolute Gasteiger partial charge is 0.330 e. The van der Waals surface area contributed by atoms with Crippen molar-refractivity contribution in [2.45, 2.75) is 70.7 Å². The number of aromatic amines is 1. The zero-order valence-electron chi connectivity index (χ0n) is 16.2. The van der Waals surface area contributed by atoms with Gasteiger partial charge in [0, 0.05) is 18.2 Å². The Morgan fingerprint density at radius 2 is 2.04 bits per heavy atom. The number of aromatic nitrogens is 2. The van der Waals surface area contributed by atoms with E-state index >= 15 is 0 Å². The molecule has 9 heteroatoms. The number of hydrogen-bond donors (Lipinski definition) is 1. The van der Waals surface area contributed by atoms with E-state index in [0.29, 0.717) is 18.5 Å². The number of aryl methyl sites for hydroxylation is 1. The predicted octanol–water partition coefficient (Wildman–Crippen LogP) is 1.70. The molecule has 1 saturated heterocycles. The minimum Gasteiger partial charge on any atom is -0.465 e. The molecular formula is C17H28N2O6Si. The molecule has 3 atom stereocenters. The van der Waals surface area contributed by atoms with Crippen LogP contribution in [-0.4, -0.2) is 43.2 Å². The molecule has 2 heterocycles. The van der Waals surface area contributed by atoms with Crippen LogP contribution in [0, 0.1) is 6.92 Å². The van der Waals surface area contributed by atoms with E-state index in [0.717, 1.165) is 0 Å². The summed E-state index contributed by atoms with van der Waals surface area (Å²) in [5.41, 5.74) is -0.532. The van der Waals surface area contributed by atoms with Gasteiger partial charge in [-0.3, -0.25) is 19.1 Å². The molecule has 1 unspecified atom stereocenters. The molecular weight excluding hydrogens is 356 g/mol. The Labute approximate surface area is 153 Å². The highest BCUT2D eigenvalue weighted by molar-refractivity contribution is 6.74. The Bertz CT molecular complexity index is 764. The molecule has 0 saturated carbocycles. The summed E-state index contributed by atoms with van der Waals surface area (Å²) in [5, 5.41) is 0.00651. The first-order valence-corrected chi connectivity index (χ1v) is 11.6. The first kappa shape index (κ1) is 20.6. The molecule has 0 aliphatic carbocycles. The summed E-state index contributed by atoms with van der Waals surface area (Å²) >= 11 is 0. The number of carbonyl (C=O) groups excluding carboxylic acids is 1. The number of rotatable bonds is 6. The molecule has 1 aliphatic heterocycles. The SMILES string of the molecule is Cc1cn([C@H]2CC(O[Si](C)(C)C(C)(C)C)[C@@H](COC=O)O2)c(=O)[nH]c1=O. The number of ether oxygens (including phenoxy) is 2. The van der Waals surface area contributed by atoms with Gasteiger partial charge in [-0.2, -0.15) is 0 Å². The molecule has 1 N–H and O–H groups in total. The summed E-state index contributed by atoms with van der Waals surface area (Å²) < 4.78 is 18.7. The Morgan fingerprint density at radius 1 is 1.38 bits per heavy atom. The monoisotopic (exact) mass is 384 g/mol. The van der Waals surface area contributed by atoms with E-state index in [-0.39, 0.29) is 17.7 Å². The second kappa shape index (κ2) is 7.49. The van der Waals surface area contributed by atoms with Crippen molar-refractivity contribution >= 4 is 14.8 Å². The lowest BCUT2D eigenvalue weighted by atomic mass is 10.2. The highest BCUT2D eigenvalue weighted by Gasteiger charge is 2.45. The van der Waals surface area contributed by atoms with Crippen LogP contribution in [0.1, 0.15) is 39.0 Å². The number of nitrogens with one attached hydrogen (secondary N) is 1. The molecule has 2 rings (SSSR count). The second-order valence-electron chi connectivity index (χ2n) is 8.19. The Morgan fingerprint density at radius 3 is 2.62 bits per heavy atom. The summed E-state index contributed by atoms with van der Waals surface area (Å²) in [6.07, 6.45) is 0.551. The van der Waals surface area contributed by atoms with Gasteiger partial charge in [-0.15, -0.1) is 0 Å². The average molecular weight is 385 g/mol. The molecule has 0 spiro atoms. The van der Waals surface area contributed by atoms with Crippen molar-refractivity contribution < 1.29 is 18.7 Å². The van der Waals surface area contributed by atoms with Crippen molar-refractivity contribution in [3.63, 3.8) is 0 Å². The predicted molar refractivity (Wildman–Crippen MR) is 98.7 cm³/mol. The molecule has 26 heavy (non-hydrogen) atoms. The van der Waals surface area contributed by atoms with Crippen LogP contribution in [0.25, 0.3) is 0 Å². The van der Waals surface area contributed by atoms with E-state index in [1.807, 2.05) is 0 Å². The van der Waals surface area contributed by atoms with Crippen LogP contribution >= 0.6 is 0 Å². The molecule has 1 aromatic heterocycles. The molecule has 1 fully saturated rings. The van der Waals surface area contributed by atoms with E-state index in [1.54, 1.807) is 6.92 Å². The van der Waals surface area contributed by atoms with Crippen LogP contribution < -0.4 is 11.2 Å². The van der Waals surface area contributed by atoms with Gasteiger partial charge in [0.2, 0.25) is 0 Å². The second-order valence-corrected chi connectivity index (χ2v) is 12.9. The average Bonchev–Trinajstić information content (AvgIpc) is 2.89. The fraction of sp³-hybridized carbons (Fsp3) is 0.706. The third kappa shape index (κ3) is 4.33. The summed E-state index contributed by atoms with van der Waals surface area (Å²) in [4.78, 5) is 36.6. The fourth-order valence-corrected chi connectivity index (χ4v) is 3.99. The lowest BCUT2D eigenvalue weighted by Crippen LogP contribution is -2.46. The first-order valence-electron chi connectivity index (χ1n) is 8.67. The summed E-state index contributed by atoms with van der Waals surface area (Å²) in [5.74, 6) is 0. The van der Waals surface area contributed by atoms with E-state index in [4.69, 9.17) is 13.9 Å². The maximum absolute atomic E-state index is 12.2. The number of H-pyrrole nitrogens is 1. The number of carbonyl (C=O) groups is 1. The van der Waals surface area contributed by atoms with Gasteiger partial charge in [0.15, 0.2) is 8.32 Å². The van der Waals surface area contributed by atoms with Gasteiger partial charge < -0.3 is 13.9 Å². The fourth-order valence-electron chi connectivity index (χ4n) is 2.63. The summed E-state index contributed by atoms with van der Waals surface area (Å²) in [6.45, 7) is 12.7. The van der Waals surface area contributed by atoms with Crippen LogP contribution in [0.2, 0.25) is 18.1 Å². The molecule has 0 radical (unpaired) electrons. The highest BCUT2D eigenvalue weighted by Crippen LogP contribution is 2.40. The van der Waals surface area contributed by atoms with Gasteiger partial charge in [-0.1, -0.05) is 20.8 Å². The van der Waals surface area contributed by atoms with Gasteiger partial charge in [0.05, 0.1) is 6.10 Å². The van der Waals surface area contributed by atoms with Crippen molar-refractivity contribution in [1.29, 1.82) is 0 Å². The zero-order valence-corrected chi connectivity index (χ0v) is 17.2. The van der Waals surface area contributed by atoms with Crippen LogP contribution in [0.4, 0.5) is 0 Å². The largest absolute Gasteiger partial charge is 0.465 e. The quantitative estimate of drug-likeness (QED) is 0.592. The van der Waals surface area contributed by atoms with Gasteiger partial charge >= 0.3 is 5.69 Å². The lowest BCUT2D eigenvalue weighted by Gasteiger charge is -2.39. The lowest BCUT2D eigenvalue weighted by molar-refractivity contribution is -0.135. The molecule has 0 bridgehead atoms. The Hall–Kier alpha value is -1.71. The van der Waals surface area contributed by atoms with Crippen LogP contribution in [0.3, 0.4) is 0 Å². The topological polar surface area (TPSA) is 99.6 Å². The molecule has 1 aliphatic rings. The van der Waals surface area contributed by atoms with Gasteiger partial charge in [0.25, 0.3) is 12.0 Å². The van der Waals surface area contributed by atoms with Crippen molar-refractivity contribution in [1.82, 2.24) is 9.55 Å². The maximum atomic E-state index is 12.2. The van der Waals surface area contributed by atoms with Crippen molar-refractivity contribution in [3.8, 4) is 0 Å². The minimum atomic E-state index is -2.08. The Balaban J connectivity index is 2.28. The summed E-state index contributed by atoms with van der Waals surface area (Å²) in [6, 6.07) is 0. The minimum absolute atomic E-state index is 0.00651. The standard InChI is InChI=1S/C17H28N2O6Si/c1-11-8-19(16(22)18-15(11)21)14-7-12(13(24-14)9-23-10-20)25-26(5,6)17(2,3)4/h8,10,12-14H,7,9H2,1-6H3,(H,18,21,22)/t12?,13-,14-/m1/s1. The molecule has 146 valence electrons. The van der Waals surface area contributed by atoms with Crippen molar-refractivity contribution in [2.75, 3.05) is 6.61 Å². The highest BCUT2D eigenvalue weighted by atomic mass is 28.4. The van der Waals surface area contributed by atoms with E-state index in [1.165, 1.54) is 10.8 Å². The van der Waals surface area contributed by atoms with Gasteiger partial charge in [0.1, 0.15) is 18.9 Å².